The van der Waals surface area contributed by atoms with Crippen LogP contribution in [0.3, 0.4) is 0 Å². The first-order valence-corrected chi connectivity index (χ1v) is 8.80. The van der Waals surface area contributed by atoms with Gasteiger partial charge in [-0.05, 0) is 24.1 Å². The van der Waals surface area contributed by atoms with E-state index < -0.39 is 0 Å². The summed E-state index contributed by atoms with van der Waals surface area (Å²) in [4.78, 5) is 10.7. The van der Waals surface area contributed by atoms with Gasteiger partial charge in [-0.3, -0.25) is 10.1 Å². The van der Waals surface area contributed by atoms with Gasteiger partial charge >= 0.3 is 0 Å². The summed E-state index contributed by atoms with van der Waals surface area (Å²) < 4.78 is 7.88. The van der Waals surface area contributed by atoms with Crippen LogP contribution in [0, 0.1) is 10.1 Å². The van der Waals surface area contributed by atoms with Crippen LogP contribution in [0.5, 0.6) is 0 Å². The monoisotopic (exact) mass is 362 g/mol. The van der Waals surface area contributed by atoms with Crippen LogP contribution in [0.25, 0.3) is 22.5 Å². The number of fused-ring (bicyclic) bond motifs is 1. The second-order valence-corrected chi connectivity index (χ2v) is 6.35. The Hall–Kier alpha value is -3.48. The molecule has 0 aliphatic heterocycles. The molecule has 2 aromatic carbocycles. The topological polar surface area (TPSA) is 87.0 Å². The van der Waals surface area contributed by atoms with Crippen LogP contribution < -0.4 is 0 Å². The van der Waals surface area contributed by atoms with E-state index in [0.717, 1.165) is 35.0 Å². The number of benzene rings is 2. The molecule has 0 aliphatic rings. The predicted molar refractivity (Wildman–Crippen MR) is 101 cm³/mol. The van der Waals surface area contributed by atoms with Gasteiger partial charge in [0.15, 0.2) is 0 Å². The molecule has 7 nitrogen and oxygen atoms in total. The minimum Gasteiger partial charge on any atom is -0.419 e. The summed E-state index contributed by atoms with van der Waals surface area (Å²) in [5.74, 6) is 1.07. The van der Waals surface area contributed by atoms with E-state index in [9.17, 15) is 10.1 Å². The summed E-state index contributed by atoms with van der Waals surface area (Å²) in [6, 6.07) is 16.6. The van der Waals surface area contributed by atoms with Crippen molar-refractivity contribution in [2.24, 2.45) is 0 Å². The first-order valence-electron chi connectivity index (χ1n) is 8.80. The van der Waals surface area contributed by atoms with Crippen molar-refractivity contribution < 1.29 is 9.34 Å². The summed E-state index contributed by atoms with van der Waals surface area (Å²) in [5.41, 5.74) is 2.72. The Labute approximate surface area is 155 Å². The molecule has 0 atom stereocenters. The molecule has 0 unspecified atom stereocenters. The highest BCUT2D eigenvalue weighted by molar-refractivity contribution is 5.85. The van der Waals surface area contributed by atoms with Crippen LogP contribution in [-0.4, -0.2) is 19.7 Å². The van der Waals surface area contributed by atoms with Crippen molar-refractivity contribution >= 4 is 16.6 Å². The fourth-order valence-corrected chi connectivity index (χ4v) is 3.18. The zero-order chi connectivity index (χ0) is 18.8. The van der Waals surface area contributed by atoms with E-state index in [-0.39, 0.29) is 10.6 Å². The number of para-hydroxylation sites is 1. The maximum atomic E-state index is 11.1. The molecule has 0 saturated carbocycles. The number of hydrogen-bond donors (Lipinski definition) is 0. The SMILES string of the molecule is CCCc1nnc(-c2cc3ccccc3n2Cc2cccc([N+](=O)[O-])c2)o1. The Morgan fingerprint density at radius 1 is 1.11 bits per heavy atom. The second kappa shape index (κ2) is 7.03. The van der Waals surface area contributed by atoms with Crippen molar-refractivity contribution in [3.8, 4) is 11.6 Å². The molecule has 0 saturated heterocycles. The average molecular weight is 362 g/mol. The van der Waals surface area contributed by atoms with Gasteiger partial charge in [-0.1, -0.05) is 37.3 Å². The Kier molecular flexibility index (Phi) is 4.42. The van der Waals surface area contributed by atoms with Gasteiger partial charge in [0.1, 0.15) is 5.69 Å². The number of non-ortho nitro benzene ring substituents is 1. The van der Waals surface area contributed by atoms with Crippen molar-refractivity contribution in [1.82, 2.24) is 14.8 Å². The Balaban J connectivity index is 1.80. The fraction of sp³-hybridized carbons (Fsp3) is 0.200. The number of hydrogen-bond acceptors (Lipinski definition) is 5. The molecular weight excluding hydrogens is 344 g/mol. The molecule has 0 fully saturated rings. The van der Waals surface area contributed by atoms with E-state index in [4.69, 9.17) is 4.42 Å². The van der Waals surface area contributed by atoms with Crippen molar-refractivity contribution in [3.05, 3.63) is 76.2 Å². The molecule has 4 rings (SSSR count). The molecule has 0 spiro atoms. The van der Waals surface area contributed by atoms with Crippen LogP contribution in [0.2, 0.25) is 0 Å². The summed E-state index contributed by atoms with van der Waals surface area (Å²) in [7, 11) is 0. The molecule has 0 aliphatic carbocycles. The number of nitrogens with zero attached hydrogens (tertiary/aromatic N) is 4. The third kappa shape index (κ3) is 3.31. The standard InChI is InChI=1S/C20H18N4O3/c1-2-6-19-21-22-20(27-19)18-12-15-8-3-4-10-17(15)23(18)13-14-7-5-9-16(11-14)24(25)26/h3-5,7-12H,2,6,13H2,1H3. The number of nitro groups is 1. The molecule has 0 radical (unpaired) electrons. The summed E-state index contributed by atoms with van der Waals surface area (Å²) in [6.45, 7) is 2.53. The molecule has 7 heteroatoms. The largest absolute Gasteiger partial charge is 0.419 e. The highest BCUT2D eigenvalue weighted by atomic mass is 16.6. The third-order valence-electron chi connectivity index (χ3n) is 4.42. The van der Waals surface area contributed by atoms with Crippen molar-refractivity contribution in [2.75, 3.05) is 0 Å². The van der Waals surface area contributed by atoms with Gasteiger partial charge in [-0.2, -0.15) is 0 Å². The van der Waals surface area contributed by atoms with E-state index in [2.05, 4.69) is 21.7 Å². The Morgan fingerprint density at radius 2 is 1.96 bits per heavy atom. The minimum absolute atomic E-state index is 0.0773. The lowest BCUT2D eigenvalue weighted by atomic mass is 10.2. The molecule has 4 aromatic rings. The number of aromatic nitrogens is 3. The van der Waals surface area contributed by atoms with Gasteiger partial charge in [0.2, 0.25) is 5.89 Å². The van der Waals surface area contributed by atoms with E-state index >= 15 is 0 Å². The lowest BCUT2D eigenvalue weighted by molar-refractivity contribution is -0.384. The lowest BCUT2D eigenvalue weighted by Gasteiger charge is -2.09. The Bertz CT molecular complexity index is 1110. The number of nitro benzene ring substituents is 1. The lowest BCUT2D eigenvalue weighted by Crippen LogP contribution is -2.02. The number of aryl methyl sites for hydroxylation is 1. The molecule has 0 N–H and O–H groups in total. The van der Waals surface area contributed by atoms with Gasteiger partial charge < -0.3 is 8.98 Å². The highest BCUT2D eigenvalue weighted by Gasteiger charge is 2.17. The van der Waals surface area contributed by atoms with Crippen molar-refractivity contribution in [3.63, 3.8) is 0 Å². The molecule has 2 heterocycles. The van der Waals surface area contributed by atoms with Crippen molar-refractivity contribution in [2.45, 2.75) is 26.3 Å². The summed E-state index contributed by atoms with van der Waals surface area (Å²) >= 11 is 0. The van der Waals surface area contributed by atoms with Crippen LogP contribution in [0.1, 0.15) is 24.8 Å². The second-order valence-electron chi connectivity index (χ2n) is 6.35. The van der Waals surface area contributed by atoms with Crippen LogP contribution in [0.15, 0.2) is 59.0 Å². The van der Waals surface area contributed by atoms with E-state index in [0.29, 0.717) is 18.3 Å². The number of rotatable bonds is 6. The quantitative estimate of drug-likeness (QED) is 0.369. The minimum atomic E-state index is -0.382. The zero-order valence-electron chi connectivity index (χ0n) is 14.8. The van der Waals surface area contributed by atoms with Crippen LogP contribution >= 0.6 is 0 Å². The molecular formula is C20H18N4O3. The zero-order valence-corrected chi connectivity index (χ0v) is 14.8. The smallest absolute Gasteiger partial charge is 0.269 e. The molecule has 0 bridgehead atoms. The molecule has 2 aromatic heterocycles. The van der Waals surface area contributed by atoms with Gasteiger partial charge in [0, 0.05) is 36.0 Å². The highest BCUT2D eigenvalue weighted by Crippen LogP contribution is 2.29. The first-order chi connectivity index (χ1) is 13.2. The fourth-order valence-electron chi connectivity index (χ4n) is 3.18. The maximum absolute atomic E-state index is 11.1. The maximum Gasteiger partial charge on any atom is 0.269 e. The average Bonchev–Trinajstić information content (AvgIpc) is 3.27. The molecule has 27 heavy (non-hydrogen) atoms. The summed E-state index contributed by atoms with van der Waals surface area (Å²) in [6.07, 6.45) is 1.66. The predicted octanol–water partition coefficient (Wildman–Crippen LogP) is 4.60. The van der Waals surface area contributed by atoms with Crippen molar-refractivity contribution in [1.29, 1.82) is 0 Å². The normalized spacial score (nSPS) is 11.1. The third-order valence-corrected chi connectivity index (χ3v) is 4.42. The molecule has 136 valence electrons. The summed E-state index contributed by atoms with van der Waals surface area (Å²) in [5, 5.41) is 20.5. The van der Waals surface area contributed by atoms with Crippen LogP contribution in [-0.2, 0) is 13.0 Å². The van der Waals surface area contributed by atoms with Gasteiger partial charge in [0.25, 0.3) is 11.6 Å². The van der Waals surface area contributed by atoms with Crippen LogP contribution in [0.4, 0.5) is 5.69 Å². The van der Waals surface area contributed by atoms with E-state index in [1.807, 2.05) is 36.4 Å². The molecule has 0 amide bonds. The van der Waals surface area contributed by atoms with E-state index in [1.165, 1.54) is 6.07 Å². The van der Waals surface area contributed by atoms with E-state index in [1.54, 1.807) is 12.1 Å². The Morgan fingerprint density at radius 3 is 2.78 bits per heavy atom. The van der Waals surface area contributed by atoms with Gasteiger partial charge in [0.05, 0.1) is 4.92 Å². The van der Waals surface area contributed by atoms with Gasteiger partial charge in [-0.25, -0.2) is 0 Å². The first kappa shape index (κ1) is 17.0. The van der Waals surface area contributed by atoms with Gasteiger partial charge in [-0.15, -0.1) is 10.2 Å².